The lowest BCUT2D eigenvalue weighted by atomic mass is 9.97. The molecule has 0 atom stereocenters. The first-order chi connectivity index (χ1) is 14.0. The minimum atomic E-state index is -0.746. The predicted octanol–water partition coefficient (Wildman–Crippen LogP) is 1.92. The van der Waals surface area contributed by atoms with Crippen LogP contribution in [0.3, 0.4) is 0 Å². The second-order valence-electron chi connectivity index (χ2n) is 8.53. The second kappa shape index (κ2) is 10.1. The number of nitrogens with zero attached hydrogens (tertiary/aromatic N) is 1. The van der Waals surface area contributed by atoms with E-state index in [-0.39, 0.29) is 23.4 Å². The van der Waals surface area contributed by atoms with Crippen molar-refractivity contribution in [2.45, 2.75) is 46.1 Å². The van der Waals surface area contributed by atoms with Gasteiger partial charge < -0.3 is 26.2 Å². The summed E-state index contributed by atoms with van der Waals surface area (Å²) in [4.78, 5) is 49.1. The van der Waals surface area contributed by atoms with Crippen molar-refractivity contribution in [1.82, 2.24) is 15.5 Å². The molecule has 0 radical (unpaired) electrons. The summed E-state index contributed by atoms with van der Waals surface area (Å²) in [6.45, 7) is 8.86. The quantitative estimate of drug-likeness (QED) is 0.560. The third-order valence-electron chi connectivity index (χ3n) is 4.60. The van der Waals surface area contributed by atoms with Crippen LogP contribution < -0.4 is 21.3 Å². The van der Waals surface area contributed by atoms with Crippen LogP contribution in [0.4, 0.5) is 16.2 Å². The Hall–Kier alpha value is -3.10. The van der Waals surface area contributed by atoms with Crippen molar-refractivity contribution in [3.63, 3.8) is 0 Å². The monoisotopic (exact) mass is 417 g/mol. The van der Waals surface area contributed by atoms with Crippen LogP contribution in [-0.4, -0.2) is 53.8 Å². The summed E-state index contributed by atoms with van der Waals surface area (Å²) in [5, 5.41) is 10.8. The predicted molar refractivity (Wildman–Crippen MR) is 115 cm³/mol. The maximum atomic E-state index is 12.2. The first kappa shape index (κ1) is 23.2. The van der Waals surface area contributed by atoms with E-state index in [4.69, 9.17) is 0 Å². The number of anilines is 2. The molecule has 1 aromatic rings. The number of piperidine rings is 1. The van der Waals surface area contributed by atoms with Crippen molar-refractivity contribution in [2.24, 2.45) is 5.92 Å². The van der Waals surface area contributed by atoms with E-state index in [9.17, 15) is 19.2 Å². The summed E-state index contributed by atoms with van der Waals surface area (Å²) in [6.07, 6.45) is 1.54. The Kier molecular flexibility index (Phi) is 7.79. The molecule has 30 heavy (non-hydrogen) atoms. The molecule has 1 aliphatic heterocycles. The van der Waals surface area contributed by atoms with Crippen molar-refractivity contribution in [1.29, 1.82) is 0 Å². The zero-order chi connectivity index (χ0) is 22.3. The van der Waals surface area contributed by atoms with Crippen LogP contribution in [0.15, 0.2) is 24.3 Å². The van der Waals surface area contributed by atoms with Crippen molar-refractivity contribution in [3.8, 4) is 0 Å². The van der Waals surface area contributed by atoms with Crippen LogP contribution in [0.2, 0.25) is 0 Å². The standard InChI is InChI=1S/C21H31N5O4/c1-14(27)23-16-5-7-17(8-6-16)24-19(29)18(28)22-13-15-9-11-26(12-10-15)20(30)25-21(2,3)4/h5-8,15H,9-13H2,1-4H3,(H,22,28)(H,23,27)(H,24,29)(H,25,30). The van der Waals surface area contributed by atoms with E-state index in [1.54, 1.807) is 29.2 Å². The molecule has 5 amide bonds. The number of hydrogen-bond donors (Lipinski definition) is 4. The summed E-state index contributed by atoms with van der Waals surface area (Å²) in [5.74, 6) is -1.41. The number of benzene rings is 1. The van der Waals surface area contributed by atoms with Crippen molar-refractivity contribution < 1.29 is 19.2 Å². The van der Waals surface area contributed by atoms with Crippen molar-refractivity contribution in [3.05, 3.63) is 24.3 Å². The average molecular weight is 418 g/mol. The molecule has 4 N–H and O–H groups in total. The Bertz CT molecular complexity index is 778. The fourth-order valence-corrected chi connectivity index (χ4v) is 3.09. The van der Waals surface area contributed by atoms with E-state index in [1.165, 1.54) is 6.92 Å². The highest BCUT2D eigenvalue weighted by Crippen LogP contribution is 2.17. The molecule has 0 aromatic heterocycles. The molecule has 0 saturated carbocycles. The molecule has 1 aromatic carbocycles. The number of likely N-dealkylation sites (tertiary alicyclic amines) is 1. The first-order valence-electron chi connectivity index (χ1n) is 10.1. The van der Waals surface area contributed by atoms with Gasteiger partial charge in [-0.1, -0.05) is 0 Å². The summed E-state index contributed by atoms with van der Waals surface area (Å²) >= 11 is 0. The number of carbonyl (C=O) groups is 4. The van der Waals surface area contributed by atoms with Gasteiger partial charge in [0.15, 0.2) is 0 Å². The molecule has 1 saturated heterocycles. The van der Waals surface area contributed by atoms with Crippen LogP contribution in [0.1, 0.15) is 40.5 Å². The molecule has 1 aliphatic rings. The molecule has 0 aliphatic carbocycles. The van der Waals surface area contributed by atoms with Gasteiger partial charge in [-0.3, -0.25) is 14.4 Å². The van der Waals surface area contributed by atoms with E-state index in [1.807, 2.05) is 20.8 Å². The van der Waals surface area contributed by atoms with Crippen LogP contribution in [0, 0.1) is 5.92 Å². The Labute approximate surface area is 177 Å². The number of nitrogens with one attached hydrogen (secondary N) is 4. The van der Waals surface area contributed by atoms with Gasteiger partial charge in [0.25, 0.3) is 0 Å². The van der Waals surface area contributed by atoms with E-state index >= 15 is 0 Å². The fraction of sp³-hybridized carbons (Fsp3) is 0.524. The molecular formula is C21H31N5O4. The molecule has 0 unspecified atom stereocenters. The maximum absolute atomic E-state index is 12.2. The molecule has 0 spiro atoms. The number of rotatable bonds is 4. The first-order valence-corrected chi connectivity index (χ1v) is 10.1. The van der Waals surface area contributed by atoms with Gasteiger partial charge >= 0.3 is 17.8 Å². The summed E-state index contributed by atoms with van der Waals surface area (Å²) in [6, 6.07) is 6.41. The molecule has 9 heteroatoms. The fourth-order valence-electron chi connectivity index (χ4n) is 3.09. The lowest BCUT2D eigenvalue weighted by Crippen LogP contribution is -2.51. The van der Waals surface area contributed by atoms with Gasteiger partial charge in [0.1, 0.15) is 0 Å². The van der Waals surface area contributed by atoms with Gasteiger partial charge in [0, 0.05) is 43.5 Å². The number of amides is 5. The van der Waals surface area contributed by atoms with Crippen molar-refractivity contribution >= 4 is 35.1 Å². The van der Waals surface area contributed by atoms with Gasteiger partial charge in [-0.15, -0.1) is 0 Å². The Morgan fingerprint density at radius 2 is 1.47 bits per heavy atom. The number of hydrogen-bond acceptors (Lipinski definition) is 4. The average Bonchev–Trinajstić information content (AvgIpc) is 2.66. The summed E-state index contributed by atoms with van der Waals surface area (Å²) in [7, 11) is 0. The van der Waals surface area contributed by atoms with Gasteiger partial charge in [0.05, 0.1) is 0 Å². The smallest absolute Gasteiger partial charge is 0.317 e. The Balaban J connectivity index is 1.72. The highest BCUT2D eigenvalue weighted by molar-refractivity contribution is 6.39. The maximum Gasteiger partial charge on any atom is 0.317 e. The molecule has 1 heterocycles. The van der Waals surface area contributed by atoms with Gasteiger partial charge in [-0.05, 0) is 63.8 Å². The van der Waals surface area contributed by atoms with Crippen molar-refractivity contribution in [2.75, 3.05) is 30.3 Å². The van der Waals surface area contributed by atoms with Crippen LogP contribution in [0.5, 0.6) is 0 Å². The minimum absolute atomic E-state index is 0.0751. The Morgan fingerprint density at radius 3 is 1.97 bits per heavy atom. The van der Waals surface area contributed by atoms with Crippen LogP contribution in [0.25, 0.3) is 0 Å². The summed E-state index contributed by atoms with van der Waals surface area (Å²) in [5.41, 5.74) is 0.786. The van der Waals surface area contributed by atoms with Gasteiger partial charge in [-0.2, -0.15) is 0 Å². The highest BCUT2D eigenvalue weighted by atomic mass is 16.2. The third-order valence-corrected chi connectivity index (χ3v) is 4.60. The zero-order valence-corrected chi connectivity index (χ0v) is 18.0. The minimum Gasteiger partial charge on any atom is -0.348 e. The van der Waals surface area contributed by atoms with Gasteiger partial charge in [-0.25, -0.2) is 4.79 Å². The second-order valence-corrected chi connectivity index (χ2v) is 8.53. The lowest BCUT2D eigenvalue weighted by molar-refractivity contribution is -0.136. The number of carbonyl (C=O) groups excluding carboxylic acids is 4. The normalized spacial score (nSPS) is 14.6. The lowest BCUT2D eigenvalue weighted by Gasteiger charge is -2.34. The largest absolute Gasteiger partial charge is 0.348 e. The SMILES string of the molecule is CC(=O)Nc1ccc(NC(=O)C(=O)NCC2CCN(C(=O)NC(C)(C)C)CC2)cc1. The molecule has 1 fully saturated rings. The summed E-state index contributed by atoms with van der Waals surface area (Å²) < 4.78 is 0. The Morgan fingerprint density at radius 1 is 0.933 bits per heavy atom. The van der Waals surface area contributed by atoms with E-state index in [2.05, 4.69) is 21.3 Å². The molecule has 9 nitrogen and oxygen atoms in total. The molecular weight excluding hydrogens is 386 g/mol. The highest BCUT2D eigenvalue weighted by Gasteiger charge is 2.26. The topological polar surface area (TPSA) is 120 Å². The van der Waals surface area contributed by atoms with E-state index in [0.29, 0.717) is 31.0 Å². The third kappa shape index (κ3) is 7.73. The van der Waals surface area contributed by atoms with Crippen LogP contribution >= 0.6 is 0 Å². The van der Waals surface area contributed by atoms with Gasteiger partial charge in [0.2, 0.25) is 5.91 Å². The molecule has 0 bridgehead atoms. The van der Waals surface area contributed by atoms with E-state index < -0.39 is 11.8 Å². The molecule has 2 rings (SSSR count). The molecule has 164 valence electrons. The van der Waals surface area contributed by atoms with E-state index in [0.717, 1.165) is 12.8 Å². The zero-order valence-electron chi connectivity index (χ0n) is 18.0. The number of urea groups is 1. The van der Waals surface area contributed by atoms with Crippen LogP contribution in [-0.2, 0) is 14.4 Å².